The predicted octanol–water partition coefficient (Wildman–Crippen LogP) is 3.31. The highest BCUT2D eigenvalue weighted by molar-refractivity contribution is 6.34. The van der Waals surface area contributed by atoms with Gasteiger partial charge < -0.3 is 19.9 Å². The van der Waals surface area contributed by atoms with Gasteiger partial charge in [-0.1, -0.05) is 11.6 Å². The van der Waals surface area contributed by atoms with Gasteiger partial charge in [-0.05, 0) is 36.4 Å². The zero-order chi connectivity index (χ0) is 17.0. The molecular formula is C16H14ClNO5. The molecule has 7 heteroatoms. The van der Waals surface area contributed by atoms with E-state index in [1.54, 1.807) is 12.1 Å². The number of halogens is 1. The Labute approximate surface area is 137 Å². The molecule has 0 aliphatic rings. The third kappa shape index (κ3) is 3.73. The lowest BCUT2D eigenvalue weighted by Gasteiger charge is -2.11. The van der Waals surface area contributed by atoms with Crippen molar-refractivity contribution < 1.29 is 24.2 Å². The number of amides is 1. The second-order valence-electron chi connectivity index (χ2n) is 4.52. The SMILES string of the molecule is COc1ccc(C(=O)Nc2cc(C(=O)O)ccc2Cl)cc1OC. The Kier molecular flexibility index (Phi) is 5.08. The molecule has 2 aromatic carbocycles. The zero-order valence-electron chi connectivity index (χ0n) is 12.4. The topological polar surface area (TPSA) is 84.9 Å². The van der Waals surface area contributed by atoms with Crippen molar-refractivity contribution in [3.63, 3.8) is 0 Å². The molecule has 0 saturated heterocycles. The number of rotatable bonds is 5. The van der Waals surface area contributed by atoms with Crippen LogP contribution in [-0.2, 0) is 0 Å². The Morgan fingerprint density at radius 1 is 1.00 bits per heavy atom. The third-order valence-electron chi connectivity index (χ3n) is 3.11. The van der Waals surface area contributed by atoms with Crippen LogP contribution in [0.4, 0.5) is 5.69 Å². The third-order valence-corrected chi connectivity index (χ3v) is 3.44. The predicted molar refractivity (Wildman–Crippen MR) is 85.9 cm³/mol. The maximum atomic E-state index is 12.3. The largest absolute Gasteiger partial charge is 0.493 e. The van der Waals surface area contributed by atoms with Crippen LogP contribution in [0.1, 0.15) is 20.7 Å². The van der Waals surface area contributed by atoms with Crippen molar-refractivity contribution in [2.45, 2.75) is 0 Å². The van der Waals surface area contributed by atoms with Gasteiger partial charge in [-0.15, -0.1) is 0 Å². The van der Waals surface area contributed by atoms with Crippen LogP contribution in [0.2, 0.25) is 5.02 Å². The van der Waals surface area contributed by atoms with Crippen molar-refractivity contribution >= 4 is 29.2 Å². The van der Waals surface area contributed by atoms with Gasteiger partial charge in [0.2, 0.25) is 0 Å². The summed E-state index contributed by atoms with van der Waals surface area (Å²) in [6, 6.07) is 8.74. The summed E-state index contributed by atoms with van der Waals surface area (Å²) in [4.78, 5) is 23.3. The van der Waals surface area contributed by atoms with Gasteiger partial charge in [-0.25, -0.2) is 4.79 Å². The Hall–Kier alpha value is -2.73. The van der Waals surface area contributed by atoms with Crippen molar-refractivity contribution in [2.24, 2.45) is 0 Å². The summed E-state index contributed by atoms with van der Waals surface area (Å²) in [7, 11) is 2.96. The molecule has 0 fully saturated rings. The van der Waals surface area contributed by atoms with E-state index in [4.69, 9.17) is 26.2 Å². The lowest BCUT2D eigenvalue weighted by molar-refractivity contribution is 0.0696. The van der Waals surface area contributed by atoms with Gasteiger partial charge in [-0.2, -0.15) is 0 Å². The molecule has 2 N–H and O–H groups in total. The molecule has 120 valence electrons. The maximum Gasteiger partial charge on any atom is 0.335 e. The molecule has 2 rings (SSSR count). The number of carbonyl (C=O) groups excluding carboxylic acids is 1. The highest BCUT2D eigenvalue weighted by Gasteiger charge is 2.14. The first-order valence-corrected chi connectivity index (χ1v) is 6.90. The Balaban J connectivity index is 2.29. The van der Waals surface area contributed by atoms with Crippen LogP contribution in [-0.4, -0.2) is 31.2 Å². The van der Waals surface area contributed by atoms with E-state index < -0.39 is 11.9 Å². The Morgan fingerprint density at radius 3 is 2.26 bits per heavy atom. The number of carboxylic acids is 1. The fourth-order valence-corrected chi connectivity index (χ4v) is 2.09. The minimum absolute atomic E-state index is 0.0250. The summed E-state index contributed by atoms with van der Waals surface area (Å²) >= 11 is 5.99. The molecule has 2 aromatic rings. The van der Waals surface area contributed by atoms with E-state index in [0.29, 0.717) is 17.1 Å². The van der Waals surface area contributed by atoms with Crippen LogP contribution in [0, 0.1) is 0 Å². The van der Waals surface area contributed by atoms with Gasteiger partial charge in [0.05, 0.1) is 30.5 Å². The van der Waals surface area contributed by atoms with Gasteiger partial charge >= 0.3 is 5.97 Å². The summed E-state index contributed by atoms with van der Waals surface area (Å²) in [5.41, 5.74) is 0.558. The molecule has 6 nitrogen and oxygen atoms in total. The van der Waals surface area contributed by atoms with E-state index in [2.05, 4.69) is 5.32 Å². The lowest BCUT2D eigenvalue weighted by Crippen LogP contribution is -2.13. The van der Waals surface area contributed by atoms with Crippen molar-refractivity contribution in [2.75, 3.05) is 19.5 Å². The first-order chi connectivity index (χ1) is 11.0. The van der Waals surface area contributed by atoms with Crippen molar-refractivity contribution in [1.82, 2.24) is 0 Å². The summed E-state index contributed by atoms with van der Waals surface area (Å²) in [5.74, 6) is -0.654. The molecule has 0 aromatic heterocycles. The average molecular weight is 336 g/mol. The number of ether oxygens (including phenoxy) is 2. The van der Waals surface area contributed by atoms with Crippen molar-refractivity contribution in [3.05, 3.63) is 52.5 Å². The van der Waals surface area contributed by atoms with Crippen LogP contribution < -0.4 is 14.8 Å². The summed E-state index contributed by atoms with van der Waals surface area (Å²) in [5, 5.41) is 11.8. The number of methoxy groups -OCH3 is 2. The number of hydrogen-bond acceptors (Lipinski definition) is 4. The van der Waals surface area contributed by atoms with E-state index in [-0.39, 0.29) is 16.3 Å². The molecule has 0 bridgehead atoms. The summed E-state index contributed by atoms with van der Waals surface area (Å²) in [6.07, 6.45) is 0. The number of nitrogens with one attached hydrogen (secondary N) is 1. The van der Waals surface area contributed by atoms with Gasteiger partial charge in [0.25, 0.3) is 5.91 Å². The quantitative estimate of drug-likeness (QED) is 0.875. The smallest absolute Gasteiger partial charge is 0.335 e. The van der Waals surface area contributed by atoms with E-state index >= 15 is 0 Å². The van der Waals surface area contributed by atoms with Gasteiger partial charge in [0.1, 0.15) is 0 Å². The summed E-state index contributed by atoms with van der Waals surface area (Å²) < 4.78 is 10.3. The maximum absolute atomic E-state index is 12.3. The van der Waals surface area contributed by atoms with E-state index in [9.17, 15) is 9.59 Å². The molecule has 23 heavy (non-hydrogen) atoms. The van der Waals surface area contributed by atoms with E-state index in [0.717, 1.165) is 0 Å². The highest BCUT2D eigenvalue weighted by Crippen LogP contribution is 2.29. The molecule has 0 unspecified atom stereocenters. The van der Waals surface area contributed by atoms with Gasteiger partial charge in [0, 0.05) is 5.56 Å². The fourth-order valence-electron chi connectivity index (χ4n) is 1.93. The molecule has 1 amide bonds. The lowest BCUT2D eigenvalue weighted by atomic mass is 10.1. The minimum atomic E-state index is -1.11. The molecule has 0 saturated carbocycles. The van der Waals surface area contributed by atoms with E-state index in [1.165, 1.54) is 38.5 Å². The highest BCUT2D eigenvalue weighted by atomic mass is 35.5. The fraction of sp³-hybridized carbons (Fsp3) is 0.125. The number of carbonyl (C=O) groups is 2. The first kappa shape index (κ1) is 16.6. The Morgan fingerprint density at radius 2 is 1.65 bits per heavy atom. The average Bonchev–Trinajstić information content (AvgIpc) is 2.55. The zero-order valence-corrected chi connectivity index (χ0v) is 13.2. The number of aromatic carboxylic acids is 1. The van der Waals surface area contributed by atoms with Crippen molar-refractivity contribution in [1.29, 1.82) is 0 Å². The molecule has 0 heterocycles. The van der Waals surface area contributed by atoms with Crippen LogP contribution in [0.15, 0.2) is 36.4 Å². The van der Waals surface area contributed by atoms with Crippen molar-refractivity contribution in [3.8, 4) is 11.5 Å². The Bertz CT molecular complexity index is 760. The molecule has 0 aliphatic carbocycles. The number of carboxylic acid groups (broad SMARTS) is 1. The number of benzene rings is 2. The molecular weight excluding hydrogens is 322 g/mol. The number of anilines is 1. The van der Waals surface area contributed by atoms with Crippen LogP contribution in [0.5, 0.6) is 11.5 Å². The summed E-state index contributed by atoms with van der Waals surface area (Å²) in [6.45, 7) is 0. The van der Waals surface area contributed by atoms with Gasteiger partial charge in [-0.3, -0.25) is 4.79 Å². The molecule has 0 radical (unpaired) electrons. The normalized spacial score (nSPS) is 10.0. The van der Waals surface area contributed by atoms with Crippen LogP contribution in [0.25, 0.3) is 0 Å². The van der Waals surface area contributed by atoms with E-state index in [1.807, 2.05) is 0 Å². The molecule has 0 spiro atoms. The van der Waals surface area contributed by atoms with Gasteiger partial charge in [0.15, 0.2) is 11.5 Å². The molecule has 0 atom stereocenters. The number of hydrogen-bond donors (Lipinski definition) is 2. The first-order valence-electron chi connectivity index (χ1n) is 6.52. The molecule has 0 aliphatic heterocycles. The minimum Gasteiger partial charge on any atom is -0.493 e. The second kappa shape index (κ2) is 7.02. The second-order valence-corrected chi connectivity index (χ2v) is 4.93. The van der Waals surface area contributed by atoms with Crippen LogP contribution >= 0.6 is 11.6 Å². The monoisotopic (exact) mass is 335 g/mol. The standard InChI is InChI=1S/C16H14ClNO5/c1-22-13-6-4-9(8-14(13)23-2)15(19)18-12-7-10(16(20)21)3-5-11(12)17/h3-8H,1-2H3,(H,18,19)(H,20,21). The van der Waals surface area contributed by atoms with Crippen LogP contribution in [0.3, 0.4) is 0 Å².